The molecule has 3 rings (SSSR count). The van der Waals surface area contributed by atoms with E-state index in [-0.39, 0.29) is 12.1 Å². The van der Waals surface area contributed by atoms with Crippen LogP contribution in [0.3, 0.4) is 0 Å². The number of rotatable bonds is 5. The molecule has 0 radical (unpaired) electrons. The summed E-state index contributed by atoms with van der Waals surface area (Å²) in [4.78, 5) is 27.7. The molecule has 2 aromatic carbocycles. The average molecular weight is 356 g/mol. The standard InChI is InChI=1S/C18H14F2N4O2/c19-12-1-6-15(16(20)9-12)18(26)22-10-17(25)23-13-2-4-14(5-3-13)24-8-7-21-11-24/h1-9,11H,10H2,(H,22,26)(H,23,25). The van der Waals surface area contributed by atoms with Gasteiger partial charge in [-0.15, -0.1) is 0 Å². The van der Waals surface area contributed by atoms with Crippen LogP contribution in [0, 0.1) is 11.6 Å². The second-order valence-electron chi connectivity index (χ2n) is 5.37. The lowest BCUT2D eigenvalue weighted by Gasteiger charge is -2.09. The summed E-state index contributed by atoms with van der Waals surface area (Å²) in [6.45, 7) is -0.348. The quantitative estimate of drug-likeness (QED) is 0.738. The second-order valence-corrected chi connectivity index (χ2v) is 5.37. The molecule has 0 spiro atoms. The number of carbonyl (C=O) groups excluding carboxylic acids is 2. The molecule has 0 atom stereocenters. The minimum Gasteiger partial charge on any atom is -0.343 e. The number of aromatic nitrogens is 2. The summed E-state index contributed by atoms with van der Waals surface area (Å²) >= 11 is 0. The average Bonchev–Trinajstić information content (AvgIpc) is 3.15. The van der Waals surface area contributed by atoms with Gasteiger partial charge in [-0.2, -0.15) is 0 Å². The molecule has 8 heteroatoms. The summed E-state index contributed by atoms with van der Waals surface area (Å²) in [6, 6.07) is 9.60. The highest BCUT2D eigenvalue weighted by molar-refractivity contribution is 5.99. The van der Waals surface area contributed by atoms with Crippen molar-refractivity contribution in [1.29, 1.82) is 0 Å². The Bertz CT molecular complexity index is 925. The maximum absolute atomic E-state index is 13.5. The molecule has 0 aliphatic heterocycles. The third kappa shape index (κ3) is 4.10. The van der Waals surface area contributed by atoms with E-state index in [1.54, 1.807) is 43.0 Å². The lowest BCUT2D eigenvalue weighted by Crippen LogP contribution is -2.33. The summed E-state index contributed by atoms with van der Waals surface area (Å²) in [5, 5.41) is 4.90. The van der Waals surface area contributed by atoms with E-state index in [4.69, 9.17) is 0 Å². The molecule has 2 amide bonds. The highest BCUT2D eigenvalue weighted by Crippen LogP contribution is 2.13. The van der Waals surface area contributed by atoms with E-state index in [2.05, 4.69) is 15.6 Å². The highest BCUT2D eigenvalue weighted by Gasteiger charge is 2.13. The van der Waals surface area contributed by atoms with Gasteiger partial charge in [-0.25, -0.2) is 13.8 Å². The lowest BCUT2D eigenvalue weighted by atomic mass is 10.2. The Kier molecular flexibility index (Phi) is 5.02. The molecule has 1 heterocycles. The first kappa shape index (κ1) is 17.3. The first-order valence-electron chi connectivity index (χ1n) is 7.64. The Morgan fingerprint density at radius 3 is 2.50 bits per heavy atom. The first-order chi connectivity index (χ1) is 12.5. The first-order valence-corrected chi connectivity index (χ1v) is 7.64. The lowest BCUT2D eigenvalue weighted by molar-refractivity contribution is -0.115. The largest absolute Gasteiger partial charge is 0.343 e. The summed E-state index contributed by atoms with van der Waals surface area (Å²) in [6.07, 6.45) is 5.09. The van der Waals surface area contributed by atoms with Crippen molar-refractivity contribution in [2.45, 2.75) is 0 Å². The van der Waals surface area contributed by atoms with Crippen molar-refractivity contribution < 1.29 is 18.4 Å². The Labute approximate surface area is 147 Å². The van der Waals surface area contributed by atoms with E-state index in [1.807, 2.05) is 4.57 Å². The van der Waals surface area contributed by atoms with Crippen LogP contribution < -0.4 is 10.6 Å². The van der Waals surface area contributed by atoms with Crippen LogP contribution in [0.25, 0.3) is 5.69 Å². The zero-order valence-corrected chi connectivity index (χ0v) is 13.4. The molecule has 3 aromatic rings. The number of nitrogens with zero attached hydrogens (tertiary/aromatic N) is 2. The number of halogens is 2. The molecular formula is C18H14F2N4O2. The summed E-state index contributed by atoms with van der Waals surface area (Å²) in [5.74, 6) is -3.04. The SMILES string of the molecule is O=C(CNC(=O)c1ccc(F)cc1F)Nc1ccc(-n2ccnc2)cc1. The van der Waals surface area contributed by atoms with Crippen LogP contribution in [0.15, 0.2) is 61.2 Å². The number of benzene rings is 2. The minimum absolute atomic E-state index is 0.330. The molecule has 0 aliphatic carbocycles. The van der Waals surface area contributed by atoms with Crippen molar-refractivity contribution in [2.24, 2.45) is 0 Å². The Morgan fingerprint density at radius 1 is 1.08 bits per heavy atom. The second kappa shape index (κ2) is 7.56. The summed E-state index contributed by atoms with van der Waals surface area (Å²) < 4.78 is 28.2. The van der Waals surface area contributed by atoms with Gasteiger partial charge in [0.2, 0.25) is 5.91 Å². The van der Waals surface area contributed by atoms with E-state index < -0.39 is 23.4 Å². The van der Waals surface area contributed by atoms with Crippen LogP contribution in [0.4, 0.5) is 14.5 Å². The van der Waals surface area contributed by atoms with Crippen molar-refractivity contribution >= 4 is 17.5 Å². The van der Waals surface area contributed by atoms with E-state index in [0.717, 1.165) is 17.8 Å². The van der Waals surface area contributed by atoms with E-state index in [1.165, 1.54) is 0 Å². The van der Waals surface area contributed by atoms with Gasteiger partial charge >= 0.3 is 0 Å². The molecule has 0 saturated carbocycles. The normalized spacial score (nSPS) is 10.4. The molecule has 0 unspecified atom stereocenters. The molecule has 6 nitrogen and oxygen atoms in total. The van der Waals surface area contributed by atoms with Crippen LogP contribution in [-0.4, -0.2) is 27.9 Å². The molecular weight excluding hydrogens is 342 g/mol. The summed E-state index contributed by atoms with van der Waals surface area (Å²) in [5.41, 5.74) is 1.09. The number of nitrogens with one attached hydrogen (secondary N) is 2. The Morgan fingerprint density at radius 2 is 1.85 bits per heavy atom. The maximum atomic E-state index is 13.5. The zero-order valence-electron chi connectivity index (χ0n) is 13.4. The van der Waals surface area contributed by atoms with E-state index in [0.29, 0.717) is 11.8 Å². The Balaban J connectivity index is 1.54. The molecule has 1 aromatic heterocycles. The van der Waals surface area contributed by atoms with Crippen molar-refractivity contribution in [3.63, 3.8) is 0 Å². The van der Waals surface area contributed by atoms with Gasteiger partial charge in [0.05, 0.1) is 18.4 Å². The number of carbonyl (C=O) groups is 2. The zero-order chi connectivity index (χ0) is 18.5. The van der Waals surface area contributed by atoms with Crippen LogP contribution in [0.5, 0.6) is 0 Å². The van der Waals surface area contributed by atoms with Gasteiger partial charge in [0.25, 0.3) is 5.91 Å². The number of hydrogen-bond donors (Lipinski definition) is 2. The summed E-state index contributed by atoms with van der Waals surface area (Å²) in [7, 11) is 0. The molecule has 0 aliphatic rings. The van der Waals surface area contributed by atoms with Crippen LogP contribution >= 0.6 is 0 Å². The van der Waals surface area contributed by atoms with Gasteiger partial charge in [0.15, 0.2) is 0 Å². The van der Waals surface area contributed by atoms with Gasteiger partial charge in [0.1, 0.15) is 11.6 Å². The topological polar surface area (TPSA) is 76.0 Å². The molecule has 2 N–H and O–H groups in total. The predicted molar refractivity (Wildman–Crippen MR) is 90.9 cm³/mol. The number of hydrogen-bond acceptors (Lipinski definition) is 3. The van der Waals surface area contributed by atoms with Crippen LogP contribution in [-0.2, 0) is 4.79 Å². The Hall–Kier alpha value is -3.55. The maximum Gasteiger partial charge on any atom is 0.254 e. The van der Waals surface area contributed by atoms with Gasteiger partial charge in [-0.1, -0.05) is 0 Å². The van der Waals surface area contributed by atoms with Gasteiger partial charge in [0, 0.05) is 29.8 Å². The third-order valence-corrected chi connectivity index (χ3v) is 3.54. The molecule has 132 valence electrons. The highest BCUT2D eigenvalue weighted by atomic mass is 19.1. The number of imidazole rings is 1. The molecule has 0 fully saturated rings. The van der Waals surface area contributed by atoms with Gasteiger partial charge in [-0.3, -0.25) is 9.59 Å². The van der Waals surface area contributed by atoms with Gasteiger partial charge < -0.3 is 15.2 Å². The monoisotopic (exact) mass is 356 g/mol. The van der Waals surface area contributed by atoms with Gasteiger partial charge in [-0.05, 0) is 36.4 Å². The van der Waals surface area contributed by atoms with E-state index in [9.17, 15) is 18.4 Å². The van der Waals surface area contributed by atoms with Crippen molar-refractivity contribution in [3.8, 4) is 5.69 Å². The molecule has 0 bridgehead atoms. The fourth-order valence-corrected chi connectivity index (χ4v) is 2.26. The third-order valence-electron chi connectivity index (χ3n) is 3.54. The fraction of sp³-hybridized carbons (Fsp3) is 0.0556. The van der Waals surface area contributed by atoms with E-state index >= 15 is 0 Å². The number of anilines is 1. The van der Waals surface area contributed by atoms with Crippen LogP contribution in [0.2, 0.25) is 0 Å². The van der Waals surface area contributed by atoms with Crippen molar-refractivity contribution in [3.05, 3.63) is 78.4 Å². The fourth-order valence-electron chi connectivity index (χ4n) is 2.26. The smallest absolute Gasteiger partial charge is 0.254 e. The predicted octanol–water partition coefficient (Wildman–Crippen LogP) is 2.52. The molecule has 0 saturated heterocycles. The minimum atomic E-state index is -0.988. The van der Waals surface area contributed by atoms with Crippen molar-refractivity contribution in [2.75, 3.05) is 11.9 Å². The number of amides is 2. The molecule has 26 heavy (non-hydrogen) atoms. The van der Waals surface area contributed by atoms with Crippen molar-refractivity contribution in [1.82, 2.24) is 14.9 Å². The van der Waals surface area contributed by atoms with Crippen LogP contribution in [0.1, 0.15) is 10.4 Å².